The van der Waals surface area contributed by atoms with Gasteiger partial charge in [0.1, 0.15) is 0 Å². The van der Waals surface area contributed by atoms with Crippen LogP contribution in [0.1, 0.15) is 25.7 Å². The summed E-state index contributed by atoms with van der Waals surface area (Å²) in [5.41, 5.74) is 1.45. The molecule has 0 aromatic carbocycles. The fourth-order valence-electron chi connectivity index (χ4n) is 3.33. The molecular weight excluding hydrogens is 170 g/mol. The van der Waals surface area contributed by atoms with E-state index in [1.54, 1.807) is 0 Å². The SMILES string of the molecule is C1=CC=C(C2CC3CCC2C3)NC=C1. The summed E-state index contributed by atoms with van der Waals surface area (Å²) in [5.74, 6) is 2.82. The van der Waals surface area contributed by atoms with E-state index in [2.05, 4.69) is 35.8 Å². The Labute approximate surface area is 85.6 Å². The Balaban J connectivity index is 1.79. The molecule has 1 aliphatic heterocycles. The lowest BCUT2D eigenvalue weighted by Gasteiger charge is -2.24. The number of rotatable bonds is 1. The topological polar surface area (TPSA) is 12.0 Å². The van der Waals surface area contributed by atoms with E-state index >= 15 is 0 Å². The first kappa shape index (κ1) is 8.34. The summed E-state index contributed by atoms with van der Waals surface area (Å²) < 4.78 is 0. The highest BCUT2D eigenvalue weighted by atomic mass is 14.9. The third kappa shape index (κ3) is 1.31. The zero-order valence-electron chi connectivity index (χ0n) is 8.45. The van der Waals surface area contributed by atoms with Crippen molar-refractivity contribution in [3.63, 3.8) is 0 Å². The minimum absolute atomic E-state index is 0.821. The standard InChI is InChI=1S/C13H17N/c1-2-4-13(14-7-3-1)12-9-10-5-6-11(12)8-10/h1-4,7,10-12,14H,5-6,8-9H2. The Bertz CT molecular complexity index is 311. The van der Waals surface area contributed by atoms with Crippen molar-refractivity contribution in [1.29, 1.82) is 0 Å². The van der Waals surface area contributed by atoms with Gasteiger partial charge in [-0.2, -0.15) is 0 Å². The smallest absolute Gasteiger partial charge is 0.0180 e. The molecule has 3 aliphatic rings. The molecule has 1 N–H and O–H groups in total. The lowest BCUT2D eigenvalue weighted by Crippen LogP contribution is -2.20. The van der Waals surface area contributed by atoms with Crippen LogP contribution in [-0.4, -0.2) is 0 Å². The maximum Gasteiger partial charge on any atom is 0.0180 e. The van der Waals surface area contributed by atoms with Crippen LogP contribution in [0, 0.1) is 17.8 Å². The second-order valence-corrected chi connectivity index (χ2v) is 4.79. The normalized spacial score (nSPS) is 39.4. The van der Waals surface area contributed by atoms with Crippen LogP contribution in [-0.2, 0) is 0 Å². The van der Waals surface area contributed by atoms with Crippen molar-refractivity contribution < 1.29 is 0 Å². The van der Waals surface area contributed by atoms with E-state index in [9.17, 15) is 0 Å². The molecule has 0 aromatic rings. The number of fused-ring (bicyclic) bond motifs is 2. The summed E-state index contributed by atoms with van der Waals surface area (Å²) in [4.78, 5) is 0. The maximum absolute atomic E-state index is 3.43. The highest BCUT2D eigenvalue weighted by Crippen LogP contribution is 2.50. The molecule has 1 nitrogen and oxygen atoms in total. The predicted molar refractivity (Wildman–Crippen MR) is 58.4 cm³/mol. The van der Waals surface area contributed by atoms with Gasteiger partial charge in [-0.1, -0.05) is 18.6 Å². The fraction of sp³-hybridized carbons (Fsp3) is 0.538. The van der Waals surface area contributed by atoms with Crippen LogP contribution in [0.5, 0.6) is 0 Å². The van der Waals surface area contributed by atoms with Crippen LogP contribution in [0.3, 0.4) is 0 Å². The molecule has 2 bridgehead atoms. The Morgan fingerprint density at radius 2 is 2.07 bits per heavy atom. The van der Waals surface area contributed by atoms with Crippen molar-refractivity contribution in [3.8, 4) is 0 Å². The zero-order chi connectivity index (χ0) is 9.38. The van der Waals surface area contributed by atoms with E-state index in [0.29, 0.717) is 0 Å². The summed E-state index contributed by atoms with van der Waals surface area (Å²) in [6.07, 6.45) is 16.5. The lowest BCUT2D eigenvalue weighted by atomic mass is 9.86. The van der Waals surface area contributed by atoms with Crippen molar-refractivity contribution >= 4 is 0 Å². The summed E-state index contributed by atoms with van der Waals surface area (Å²) >= 11 is 0. The first-order valence-corrected chi connectivity index (χ1v) is 5.73. The van der Waals surface area contributed by atoms with E-state index in [4.69, 9.17) is 0 Å². The molecule has 74 valence electrons. The molecule has 3 atom stereocenters. The third-order valence-corrected chi connectivity index (χ3v) is 3.98. The number of hydrogen-bond acceptors (Lipinski definition) is 1. The van der Waals surface area contributed by atoms with Crippen molar-refractivity contribution in [3.05, 3.63) is 36.2 Å². The molecule has 0 radical (unpaired) electrons. The van der Waals surface area contributed by atoms with Gasteiger partial charge in [-0.3, -0.25) is 0 Å². The second-order valence-electron chi connectivity index (χ2n) is 4.79. The predicted octanol–water partition coefficient (Wildman–Crippen LogP) is 2.98. The molecule has 2 fully saturated rings. The van der Waals surface area contributed by atoms with Crippen LogP contribution in [0.25, 0.3) is 0 Å². The molecule has 0 aromatic heterocycles. The van der Waals surface area contributed by atoms with Gasteiger partial charge in [0.25, 0.3) is 0 Å². The van der Waals surface area contributed by atoms with Gasteiger partial charge in [0, 0.05) is 17.8 Å². The number of allylic oxidation sites excluding steroid dienone is 5. The van der Waals surface area contributed by atoms with Crippen LogP contribution in [0.15, 0.2) is 36.2 Å². The van der Waals surface area contributed by atoms with Gasteiger partial charge in [0.2, 0.25) is 0 Å². The highest BCUT2D eigenvalue weighted by molar-refractivity contribution is 5.24. The van der Waals surface area contributed by atoms with Crippen molar-refractivity contribution in [2.45, 2.75) is 25.7 Å². The Morgan fingerprint density at radius 1 is 1.07 bits per heavy atom. The van der Waals surface area contributed by atoms with E-state index in [1.165, 1.54) is 31.4 Å². The quantitative estimate of drug-likeness (QED) is 0.665. The zero-order valence-corrected chi connectivity index (χ0v) is 8.45. The molecular formula is C13H17N. The minimum atomic E-state index is 0.821. The van der Waals surface area contributed by atoms with Gasteiger partial charge >= 0.3 is 0 Å². The van der Waals surface area contributed by atoms with Gasteiger partial charge < -0.3 is 5.32 Å². The first-order chi connectivity index (χ1) is 6.93. The summed E-state index contributed by atoms with van der Waals surface area (Å²) in [6.45, 7) is 0. The Kier molecular flexibility index (Phi) is 1.97. The number of nitrogens with one attached hydrogen (secondary N) is 1. The van der Waals surface area contributed by atoms with E-state index in [1.807, 2.05) is 0 Å². The molecule has 3 unspecified atom stereocenters. The molecule has 2 aliphatic carbocycles. The monoisotopic (exact) mass is 187 g/mol. The average molecular weight is 187 g/mol. The number of hydrogen-bond donors (Lipinski definition) is 1. The molecule has 1 heterocycles. The Hall–Kier alpha value is -0.980. The highest BCUT2D eigenvalue weighted by Gasteiger charge is 2.40. The van der Waals surface area contributed by atoms with Gasteiger partial charge in [-0.05, 0) is 43.3 Å². The van der Waals surface area contributed by atoms with Crippen molar-refractivity contribution in [2.24, 2.45) is 17.8 Å². The molecule has 1 heteroatoms. The van der Waals surface area contributed by atoms with Gasteiger partial charge in [0.05, 0.1) is 0 Å². The van der Waals surface area contributed by atoms with Gasteiger partial charge in [-0.25, -0.2) is 0 Å². The van der Waals surface area contributed by atoms with Crippen molar-refractivity contribution in [2.75, 3.05) is 0 Å². The van der Waals surface area contributed by atoms with Gasteiger partial charge in [-0.15, -0.1) is 0 Å². The van der Waals surface area contributed by atoms with Crippen LogP contribution in [0.4, 0.5) is 0 Å². The van der Waals surface area contributed by atoms with E-state index in [-0.39, 0.29) is 0 Å². The summed E-state index contributed by atoms with van der Waals surface area (Å²) in [6, 6.07) is 0. The van der Waals surface area contributed by atoms with Crippen LogP contribution < -0.4 is 5.32 Å². The summed E-state index contributed by atoms with van der Waals surface area (Å²) in [7, 11) is 0. The molecule has 3 rings (SSSR count). The Morgan fingerprint density at radius 3 is 2.86 bits per heavy atom. The van der Waals surface area contributed by atoms with Crippen LogP contribution in [0.2, 0.25) is 0 Å². The molecule has 0 amide bonds. The second kappa shape index (κ2) is 3.30. The molecule has 14 heavy (non-hydrogen) atoms. The van der Waals surface area contributed by atoms with Gasteiger partial charge in [0.15, 0.2) is 0 Å². The average Bonchev–Trinajstić information content (AvgIpc) is 2.72. The molecule has 0 spiro atoms. The van der Waals surface area contributed by atoms with Crippen molar-refractivity contribution in [1.82, 2.24) is 5.32 Å². The van der Waals surface area contributed by atoms with Crippen LogP contribution >= 0.6 is 0 Å². The van der Waals surface area contributed by atoms with E-state index in [0.717, 1.165) is 17.8 Å². The molecule has 2 saturated carbocycles. The molecule has 0 saturated heterocycles. The lowest BCUT2D eigenvalue weighted by molar-refractivity contribution is 0.368. The summed E-state index contributed by atoms with van der Waals surface area (Å²) in [5, 5.41) is 3.43. The largest absolute Gasteiger partial charge is 0.365 e. The minimum Gasteiger partial charge on any atom is -0.365 e. The van der Waals surface area contributed by atoms with E-state index < -0.39 is 0 Å². The third-order valence-electron chi connectivity index (χ3n) is 3.98. The fourth-order valence-corrected chi connectivity index (χ4v) is 3.33. The first-order valence-electron chi connectivity index (χ1n) is 5.73. The maximum atomic E-state index is 3.43.